The van der Waals surface area contributed by atoms with Crippen molar-refractivity contribution < 1.29 is 27.2 Å². The minimum atomic E-state index is -4.47. The first-order valence-corrected chi connectivity index (χ1v) is 9.44. The summed E-state index contributed by atoms with van der Waals surface area (Å²) >= 11 is 6.07. The number of benzene rings is 1. The van der Waals surface area contributed by atoms with Gasteiger partial charge in [0.1, 0.15) is 17.0 Å². The molecule has 0 saturated carbocycles. The molecule has 1 amide bonds. The van der Waals surface area contributed by atoms with E-state index in [0.717, 1.165) is 18.5 Å². The normalized spacial score (nSPS) is 12.7. The fourth-order valence-corrected chi connectivity index (χ4v) is 3.16. The van der Waals surface area contributed by atoms with Gasteiger partial charge in [-0.25, -0.2) is 15.0 Å². The summed E-state index contributed by atoms with van der Waals surface area (Å²) in [6.45, 7) is 1.64. The second kappa shape index (κ2) is 8.11. The maximum Gasteiger partial charge on any atom is 0.416 e. The lowest BCUT2D eigenvalue weighted by molar-refractivity contribution is -0.137. The molecule has 0 unspecified atom stereocenters. The van der Waals surface area contributed by atoms with Gasteiger partial charge in [0.15, 0.2) is 17.3 Å². The number of H-pyrrole nitrogens is 1. The van der Waals surface area contributed by atoms with Crippen LogP contribution < -0.4 is 10.1 Å². The number of ether oxygens (including phenoxy) is 1. The molecule has 32 heavy (non-hydrogen) atoms. The Balaban J connectivity index is 1.54. The van der Waals surface area contributed by atoms with Gasteiger partial charge in [0.05, 0.1) is 29.7 Å². The van der Waals surface area contributed by atoms with Crippen LogP contribution in [0.25, 0.3) is 22.6 Å². The predicted octanol–water partition coefficient (Wildman–Crippen LogP) is 4.18. The Morgan fingerprint density at radius 3 is 2.78 bits per heavy atom. The van der Waals surface area contributed by atoms with Gasteiger partial charge in [-0.05, 0) is 25.1 Å². The third-order valence-corrected chi connectivity index (χ3v) is 4.86. The number of nitrogens with one attached hydrogen (secondary N) is 2. The summed E-state index contributed by atoms with van der Waals surface area (Å²) in [5.41, 5.74) is -0.0767. The zero-order valence-corrected chi connectivity index (χ0v) is 17.2. The van der Waals surface area contributed by atoms with Crippen molar-refractivity contribution in [3.8, 4) is 17.4 Å². The van der Waals surface area contributed by atoms with E-state index >= 15 is 0 Å². The van der Waals surface area contributed by atoms with Crippen molar-refractivity contribution in [3.63, 3.8) is 0 Å². The smallest absolute Gasteiger partial charge is 0.416 e. The number of fused-ring (bicyclic) bond motifs is 1. The number of methoxy groups -OCH3 is 1. The molecule has 166 valence electrons. The number of hydrogen-bond donors (Lipinski definition) is 2. The van der Waals surface area contributed by atoms with E-state index in [-0.39, 0.29) is 39.4 Å². The first-order chi connectivity index (χ1) is 15.2. The SMILES string of the molecule is COc1ncnc(C(=O)N[C@H](C)c2cc(-c3nc4ccc(C(F)(F)F)cc4[nH]3)no2)c1Cl. The Morgan fingerprint density at radius 1 is 1.28 bits per heavy atom. The van der Waals surface area contributed by atoms with Crippen molar-refractivity contribution >= 4 is 28.5 Å². The molecule has 9 nitrogen and oxygen atoms in total. The molecule has 0 fully saturated rings. The van der Waals surface area contributed by atoms with Crippen LogP contribution in [0.4, 0.5) is 13.2 Å². The molecule has 4 aromatic rings. The molecule has 4 rings (SSSR count). The maximum absolute atomic E-state index is 12.9. The molecule has 3 aromatic heterocycles. The predicted molar refractivity (Wildman–Crippen MR) is 106 cm³/mol. The number of hydrogen-bond acceptors (Lipinski definition) is 7. The monoisotopic (exact) mass is 466 g/mol. The lowest BCUT2D eigenvalue weighted by Gasteiger charge is -2.11. The summed E-state index contributed by atoms with van der Waals surface area (Å²) in [6, 6.07) is 4.06. The van der Waals surface area contributed by atoms with E-state index in [1.165, 1.54) is 19.2 Å². The van der Waals surface area contributed by atoms with E-state index in [4.69, 9.17) is 20.9 Å². The van der Waals surface area contributed by atoms with Gasteiger partial charge in [0.2, 0.25) is 5.88 Å². The van der Waals surface area contributed by atoms with Crippen molar-refractivity contribution in [2.75, 3.05) is 7.11 Å². The van der Waals surface area contributed by atoms with Crippen molar-refractivity contribution in [2.45, 2.75) is 19.1 Å². The fourth-order valence-electron chi connectivity index (χ4n) is 2.90. The van der Waals surface area contributed by atoms with Crippen molar-refractivity contribution in [3.05, 3.63) is 52.6 Å². The van der Waals surface area contributed by atoms with E-state index in [0.29, 0.717) is 5.52 Å². The highest BCUT2D eigenvalue weighted by Crippen LogP contribution is 2.32. The zero-order chi connectivity index (χ0) is 23.0. The molecule has 0 aliphatic carbocycles. The molecule has 0 radical (unpaired) electrons. The number of carbonyl (C=O) groups excluding carboxylic acids is 1. The van der Waals surface area contributed by atoms with Crippen LogP contribution in [-0.2, 0) is 6.18 Å². The first kappa shape index (κ1) is 21.6. The molecule has 3 heterocycles. The van der Waals surface area contributed by atoms with Crippen LogP contribution >= 0.6 is 11.6 Å². The van der Waals surface area contributed by atoms with Gasteiger partial charge >= 0.3 is 6.18 Å². The highest BCUT2D eigenvalue weighted by molar-refractivity contribution is 6.34. The van der Waals surface area contributed by atoms with E-state index in [2.05, 4.69) is 30.4 Å². The zero-order valence-electron chi connectivity index (χ0n) is 16.5. The van der Waals surface area contributed by atoms with Gasteiger partial charge in [-0.1, -0.05) is 16.8 Å². The third-order valence-electron chi connectivity index (χ3n) is 4.52. The average molecular weight is 467 g/mol. The van der Waals surface area contributed by atoms with E-state index in [1.807, 2.05) is 0 Å². The van der Waals surface area contributed by atoms with Crippen molar-refractivity contribution in [2.24, 2.45) is 0 Å². The van der Waals surface area contributed by atoms with E-state index < -0.39 is 23.7 Å². The summed E-state index contributed by atoms with van der Waals surface area (Å²) < 4.78 is 49.0. The number of nitrogens with zero attached hydrogens (tertiary/aromatic N) is 4. The van der Waals surface area contributed by atoms with Gasteiger partial charge in [-0.15, -0.1) is 0 Å². The molecule has 2 N–H and O–H groups in total. The molecule has 0 aliphatic heterocycles. The minimum absolute atomic E-state index is 0.0431. The second-order valence-corrected chi connectivity index (χ2v) is 7.05. The Bertz CT molecular complexity index is 1300. The molecule has 0 aliphatic rings. The Hall–Kier alpha value is -3.67. The average Bonchev–Trinajstić information content (AvgIpc) is 3.39. The molecule has 1 atom stereocenters. The van der Waals surface area contributed by atoms with Crippen LogP contribution in [0.5, 0.6) is 5.88 Å². The highest BCUT2D eigenvalue weighted by atomic mass is 35.5. The lowest BCUT2D eigenvalue weighted by Crippen LogP contribution is -2.27. The van der Waals surface area contributed by atoms with Crippen LogP contribution in [0, 0.1) is 0 Å². The van der Waals surface area contributed by atoms with Crippen LogP contribution in [0.1, 0.15) is 34.8 Å². The van der Waals surface area contributed by atoms with E-state index in [9.17, 15) is 18.0 Å². The Labute approximate surface area is 183 Å². The topological polar surface area (TPSA) is 119 Å². The van der Waals surface area contributed by atoms with Gasteiger partial charge < -0.3 is 19.6 Å². The number of rotatable bonds is 5. The van der Waals surface area contributed by atoms with Crippen molar-refractivity contribution in [1.82, 2.24) is 30.4 Å². The van der Waals surface area contributed by atoms with Gasteiger partial charge in [0.25, 0.3) is 5.91 Å². The molecule has 0 bridgehead atoms. The maximum atomic E-state index is 12.9. The fraction of sp³-hybridized carbons (Fsp3) is 0.211. The molecular weight excluding hydrogens is 453 g/mol. The number of alkyl halides is 3. The number of aromatic nitrogens is 5. The molecule has 0 spiro atoms. The van der Waals surface area contributed by atoms with Crippen molar-refractivity contribution in [1.29, 1.82) is 0 Å². The summed E-state index contributed by atoms with van der Waals surface area (Å²) in [5, 5.41) is 6.50. The Kier molecular flexibility index (Phi) is 5.46. The Morgan fingerprint density at radius 2 is 2.06 bits per heavy atom. The standard InChI is InChI=1S/C19H14ClF3N6O3/c1-8(26-17(30)15-14(20)18(31-2)25-7-24-15)13-6-12(29-32-13)16-27-10-4-3-9(19(21,22)23)5-11(10)28-16/h3-8H,1-2H3,(H,26,30)(H,27,28)/t8-/m1/s1. The van der Waals surface area contributed by atoms with Crippen LogP contribution in [0.3, 0.4) is 0 Å². The quantitative estimate of drug-likeness (QED) is 0.453. The molecule has 1 aromatic carbocycles. The number of halogens is 4. The molecule has 0 saturated heterocycles. The molecule has 13 heteroatoms. The lowest BCUT2D eigenvalue weighted by atomic mass is 10.2. The largest absolute Gasteiger partial charge is 0.480 e. The summed E-state index contributed by atoms with van der Waals surface area (Å²) in [4.78, 5) is 27.2. The van der Waals surface area contributed by atoms with Crippen LogP contribution in [-0.4, -0.2) is 38.1 Å². The van der Waals surface area contributed by atoms with Gasteiger partial charge in [-0.3, -0.25) is 4.79 Å². The van der Waals surface area contributed by atoms with Crippen LogP contribution in [0.2, 0.25) is 5.02 Å². The second-order valence-electron chi connectivity index (χ2n) is 6.67. The first-order valence-electron chi connectivity index (χ1n) is 9.06. The summed E-state index contributed by atoms with van der Waals surface area (Å²) in [6.07, 6.45) is -3.33. The van der Waals surface area contributed by atoms with E-state index in [1.54, 1.807) is 6.92 Å². The number of carbonyl (C=O) groups is 1. The van der Waals surface area contributed by atoms with Gasteiger partial charge in [-0.2, -0.15) is 13.2 Å². The third kappa shape index (κ3) is 4.08. The van der Waals surface area contributed by atoms with Crippen LogP contribution in [0.15, 0.2) is 35.1 Å². The molecular formula is C19H14ClF3N6O3. The minimum Gasteiger partial charge on any atom is -0.480 e. The number of aromatic amines is 1. The summed E-state index contributed by atoms with van der Waals surface area (Å²) in [5.74, 6) is -0.0390. The number of imidazole rings is 1. The summed E-state index contributed by atoms with van der Waals surface area (Å²) in [7, 11) is 1.36. The highest BCUT2D eigenvalue weighted by Gasteiger charge is 2.31. The number of amides is 1. The van der Waals surface area contributed by atoms with Gasteiger partial charge in [0, 0.05) is 6.07 Å².